The number of carbonyl (C=O) groups excluding carboxylic acids is 2. The van der Waals surface area contributed by atoms with Crippen molar-refractivity contribution in [2.45, 2.75) is 32.6 Å². The molecule has 2 heterocycles. The lowest BCUT2D eigenvalue weighted by molar-refractivity contribution is 0.0841. The summed E-state index contributed by atoms with van der Waals surface area (Å²) in [6.45, 7) is 1.96. The number of hydrogen-bond acceptors (Lipinski definition) is 5. The molecule has 1 aromatic carbocycles. The lowest BCUT2D eigenvalue weighted by atomic mass is 9.89. The molecule has 0 bridgehead atoms. The Labute approximate surface area is 149 Å². The summed E-state index contributed by atoms with van der Waals surface area (Å²) in [6.07, 6.45) is 4.93. The molecule has 3 aromatic rings. The predicted molar refractivity (Wildman–Crippen MR) is 93.9 cm³/mol. The predicted octanol–water partition coefficient (Wildman–Crippen LogP) is 3.55. The molecule has 0 fully saturated rings. The van der Waals surface area contributed by atoms with E-state index in [9.17, 15) is 14.9 Å². The van der Waals surface area contributed by atoms with Crippen LogP contribution in [-0.2, 0) is 12.8 Å². The van der Waals surface area contributed by atoms with Gasteiger partial charge in [-0.05, 0) is 37.8 Å². The van der Waals surface area contributed by atoms with E-state index in [4.69, 9.17) is 4.52 Å². The number of fused-ring (bicyclic) bond motifs is 2. The largest absolute Gasteiger partial charge is 0.360 e. The second-order valence-corrected chi connectivity index (χ2v) is 6.68. The molecular formula is C20H17N3O3. The molecule has 0 spiro atoms. The van der Waals surface area contributed by atoms with Crippen LogP contribution in [0.1, 0.15) is 50.6 Å². The SMILES string of the molecule is Cc1ccc2c(C(=O)[C@@H](C#N)C(=O)c3noc4c3CCCC4)c[nH]c2c1. The Morgan fingerprint density at radius 3 is 2.88 bits per heavy atom. The van der Waals surface area contributed by atoms with Crippen molar-refractivity contribution in [3.63, 3.8) is 0 Å². The van der Waals surface area contributed by atoms with Crippen LogP contribution in [0, 0.1) is 24.2 Å². The fraction of sp³-hybridized carbons (Fsp3) is 0.300. The van der Waals surface area contributed by atoms with Gasteiger partial charge in [0.05, 0.1) is 6.07 Å². The average molecular weight is 347 g/mol. The molecule has 6 heteroatoms. The Kier molecular flexibility index (Phi) is 3.92. The molecule has 1 atom stereocenters. The Hall–Kier alpha value is -3.20. The van der Waals surface area contributed by atoms with E-state index < -0.39 is 17.5 Å². The molecule has 0 unspecified atom stereocenters. The van der Waals surface area contributed by atoms with Crippen LogP contribution in [0.3, 0.4) is 0 Å². The van der Waals surface area contributed by atoms with Crippen LogP contribution in [0.25, 0.3) is 10.9 Å². The second kappa shape index (κ2) is 6.26. The molecule has 130 valence electrons. The quantitative estimate of drug-likeness (QED) is 0.574. The number of benzene rings is 1. The van der Waals surface area contributed by atoms with Crippen molar-refractivity contribution in [3.05, 3.63) is 52.5 Å². The number of aryl methyl sites for hydroxylation is 2. The van der Waals surface area contributed by atoms with Gasteiger partial charge in [0.2, 0.25) is 5.78 Å². The Morgan fingerprint density at radius 2 is 2.08 bits per heavy atom. The van der Waals surface area contributed by atoms with Crippen molar-refractivity contribution in [2.75, 3.05) is 0 Å². The van der Waals surface area contributed by atoms with E-state index >= 15 is 0 Å². The van der Waals surface area contributed by atoms with Gasteiger partial charge in [-0.25, -0.2) is 0 Å². The lowest BCUT2D eigenvalue weighted by Gasteiger charge is -2.10. The minimum Gasteiger partial charge on any atom is -0.360 e. The molecule has 6 nitrogen and oxygen atoms in total. The second-order valence-electron chi connectivity index (χ2n) is 6.68. The Morgan fingerprint density at radius 1 is 1.27 bits per heavy atom. The van der Waals surface area contributed by atoms with Gasteiger partial charge in [0, 0.05) is 34.6 Å². The molecule has 1 aliphatic carbocycles. The van der Waals surface area contributed by atoms with Gasteiger partial charge < -0.3 is 9.51 Å². The van der Waals surface area contributed by atoms with E-state index in [-0.39, 0.29) is 5.69 Å². The van der Waals surface area contributed by atoms with Crippen molar-refractivity contribution in [1.82, 2.24) is 10.1 Å². The van der Waals surface area contributed by atoms with Gasteiger partial charge in [-0.1, -0.05) is 17.3 Å². The van der Waals surface area contributed by atoms with Crippen molar-refractivity contribution >= 4 is 22.5 Å². The molecule has 26 heavy (non-hydrogen) atoms. The van der Waals surface area contributed by atoms with Crippen molar-refractivity contribution in [2.24, 2.45) is 5.92 Å². The van der Waals surface area contributed by atoms with Crippen LogP contribution in [0.4, 0.5) is 0 Å². The average Bonchev–Trinajstić information content (AvgIpc) is 3.25. The van der Waals surface area contributed by atoms with E-state index in [1.165, 1.54) is 0 Å². The van der Waals surface area contributed by atoms with Crippen LogP contribution >= 0.6 is 0 Å². The van der Waals surface area contributed by atoms with Gasteiger partial charge in [-0.3, -0.25) is 9.59 Å². The molecule has 0 aliphatic heterocycles. The zero-order valence-electron chi connectivity index (χ0n) is 14.3. The summed E-state index contributed by atoms with van der Waals surface area (Å²) in [5.74, 6) is -1.82. The summed E-state index contributed by atoms with van der Waals surface area (Å²) in [5, 5.41) is 14.1. The number of carbonyl (C=O) groups is 2. The number of hydrogen-bond donors (Lipinski definition) is 1. The van der Waals surface area contributed by atoms with E-state index in [0.29, 0.717) is 23.1 Å². The highest BCUT2D eigenvalue weighted by atomic mass is 16.5. The first-order valence-corrected chi connectivity index (χ1v) is 8.63. The molecule has 1 N–H and O–H groups in total. The van der Waals surface area contributed by atoms with Gasteiger partial charge in [0.25, 0.3) is 0 Å². The standard InChI is InChI=1S/C20H17N3O3/c1-11-6-7-12-15(10-22-16(12)8-11)19(24)14(9-21)20(25)18-13-4-2-3-5-17(13)26-23-18/h6-8,10,14,22H,2-5H2,1H3/t14-/m1/s1. The highest BCUT2D eigenvalue weighted by molar-refractivity contribution is 6.21. The third kappa shape index (κ3) is 2.53. The van der Waals surface area contributed by atoms with E-state index in [2.05, 4.69) is 10.1 Å². The van der Waals surface area contributed by atoms with Gasteiger partial charge in [0.1, 0.15) is 5.76 Å². The fourth-order valence-electron chi connectivity index (χ4n) is 3.55. The summed E-state index contributed by atoms with van der Waals surface area (Å²) in [4.78, 5) is 28.8. The number of nitrogens with one attached hydrogen (secondary N) is 1. The first-order valence-electron chi connectivity index (χ1n) is 8.63. The summed E-state index contributed by atoms with van der Waals surface area (Å²) < 4.78 is 5.26. The maximum Gasteiger partial charge on any atom is 0.210 e. The van der Waals surface area contributed by atoms with Crippen LogP contribution in [-0.4, -0.2) is 21.7 Å². The van der Waals surface area contributed by atoms with Crippen LogP contribution < -0.4 is 0 Å². The molecular weight excluding hydrogens is 330 g/mol. The van der Waals surface area contributed by atoms with Gasteiger partial charge >= 0.3 is 0 Å². The van der Waals surface area contributed by atoms with Gasteiger partial charge in [0.15, 0.2) is 17.4 Å². The smallest absolute Gasteiger partial charge is 0.210 e. The highest BCUT2D eigenvalue weighted by Crippen LogP contribution is 2.28. The Bertz CT molecular complexity index is 1070. The van der Waals surface area contributed by atoms with Gasteiger partial charge in [-0.2, -0.15) is 5.26 Å². The topological polar surface area (TPSA) is 99.8 Å². The molecule has 0 saturated heterocycles. The van der Waals surface area contributed by atoms with Crippen LogP contribution in [0.15, 0.2) is 28.9 Å². The van der Waals surface area contributed by atoms with E-state index in [1.54, 1.807) is 6.20 Å². The van der Waals surface area contributed by atoms with Crippen LogP contribution in [0.2, 0.25) is 0 Å². The van der Waals surface area contributed by atoms with Crippen molar-refractivity contribution < 1.29 is 14.1 Å². The molecule has 1 aliphatic rings. The number of rotatable bonds is 4. The molecule has 0 radical (unpaired) electrons. The number of H-pyrrole nitrogens is 1. The number of nitriles is 1. The first-order chi connectivity index (χ1) is 12.6. The third-order valence-electron chi connectivity index (χ3n) is 4.94. The first kappa shape index (κ1) is 16.3. The zero-order chi connectivity index (χ0) is 18.3. The lowest BCUT2D eigenvalue weighted by Crippen LogP contribution is -2.24. The number of aromatic amines is 1. The normalized spacial score (nSPS) is 14.6. The van der Waals surface area contributed by atoms with Crippen LogP contribution in [0.5, 0.6) is 0 Å². The molecule has 2 aromatic heterocycles. The highest BCUT2D eigenvalue weighted by Gasteiger charge is 2.34. The maximum absolute atomic E-state index is 12.9. The van der Waals surface area contributed by atoms with E-state index in [0.717, 1.165) is 35.9 Å². The molecule has 0 amide bonds. The number of Topliss-reactive ketones (excluding diaryl/α,β-unsaturated/α-hetero) is 2. The summed E-state index contributed by atoms with van der Waals surface area (Å²) in [6, 6.07) is 7.50. The number of nitrogens with zero attached hydrogens (tertiary/aromatic N) is 2. The van der Waals surface area contributed by atoms with E-state index in [1.807, 2.05) is 31.2 Å². The maximum atomic E-state index is 12.9. The minimum absolute atomic E-state index is 0.135. The zero-order valence-corrected chi connectivity index (χ0v) is 14.3. The fourth-order valence-corrected chi connectivity index (χ4v) is 3.55. The summed E-state index contributed by atoms with van der Waals surface area (Å²) in [7, 11) is 0. The monoisotopic (exact) mass is 347 g/mol. The molecule has 4 rings (SSSR count). The van der Waals surface area contributed by atoms with Crippen molar-refractivity contribution in [1.29, 1.82) is 5.26 Å². The summed E-state index contributed by atoms with van der Waals surface area (Å²) >= 11 is 0. The molecule has 0 saturated carbocycles. The summed E-state index contributed by atoms with van der Waals surface area (Å²) in [5.41, 5.74) is 3.09. The van der Waals surface area contributed by atoms with Gasteiger partial charge in [-0.15, -0.1) is 0 Å². The minimum atomic E-state index is -1.42. The number of aromatic nitrogens is 2. The van der Waals surface area contributed by atoms with Crippen molar-refractivity contribution in [3.8, 4) is 6.07 Å². The Balaban J connectivity index is 1.70. The third-order valence-corrected chi connectivity index (χ3v) is 4.94. The number of ketones is 2.